The molecule has 6 heteroatoms. The molecule has 112 valence electrons. The van der Waals surface area contributed by atoms with Gasteiger partial charge >= 0.3 is 0 Å². The maximum Gasteiger partial charge on any atom is 0.264 e. The Hall–Kier alpha value is -1.69. The molecule has 0 bridgehead atoms. The van der Waals surface area contributed by atoms with Gasteiger partial charge in [-0.25, -0.2) is 4.98 Å². The summed E-state index contributed by atoms with van der Waals surface area (Å²) in [6.07, 6.45) is -0.638. The summed E-state index contributed by atoms with van der Waals surface area (Å²) >= 11 is 0. The van der Waals surface area contributed by atoms with E-state index in [2.05, 4.69) is 15.3 Å². The zero-order valence-electron chi connectivity index (χ0n) is 12.7. The van der Waals surface area contributed by atoms with Crippen molar-refractivity contribution in [3.05, 3.63) is 27.4 Å². The highest BCUT2D eigenvalue weighted by Gasteiger charge is 2.18. The maximum absolute atomic E-state index is 12.0. The summed E-state index contributed by atoms with van der Waals surface area (Å²) in [4.78, 5) is 30.8. The smallest absolute Gasteiger partial charge is 0.264 e. The Morgan fingerprint density at radius 2 is 1.95 bits per heavy atom. The summed E-state index contributed by atoms with van der Waals surface area (Å²) in [5, 5.41) is 12.2. The van der Waals surface area contributed by atoms with Crippen LogP contribution in [0, 0.1) is 12.8 Å². The second-order valence-corrected chi connectivity index (χ2v) is 5.59. The minimum atomic E-state index is -0.638. The number of H-pyrrole nitrogens is 1. The van der Waals surface area contributed by atoms with Gasteiger partial charge in [-0.1, -0.05) is 27.7 Å². The van der Waals surface area contributed by atoms with E-state index in [1.54, 1.807) is 6.92 Å². The van der Waals surface area contributed by atoms with Crippen LogP contribution in [0.1, 0.15) is 55.5 Å². The first-order chi connectivity index (χ1) is 9.23. The van der Waals surface area contributed by atoms with E-state index < -0.39 is 17.6 Å². The van der Waals surface area contributed by atoms with Crippen LogP contribution in [0.15, 0.2) is 4.79 Å². The Balaban J connectivity index is 2.92. The molecule has 3 N–H and O–H groups in total. The Kier molecular flexibility index (Phi) is 5.44. The molecule has 0 aliphatic rings. The number of aliphatic hydroxyl groups is 1. The molecule has 0 aliphatic carbocycles. The van der Waals surface area contributed by atoms with Crippen LogP contribution in [0.5, 0.6) is 0 Å². The molecule has 0 aliphatic heterocycles. The van der Waals surface area contributed by atoms with Gasteiger partial charge in [-0.05, 0) is 12.8 Å². The number of nitrogens with one attached hydrogen (secondary N) is 2. The van der Waals surface area contributed by atoms with E-state index in [0.29, 0.717) is 11.5 Å². The lowest BCUT2D eigenvalue weighted by Crippen LogP contribution is -2.38. The number of carbonyl (C=O) groups is 1. The van der Waals surface area contributed by atoms with Gasteiger partial charge in [0.1, 0.15) is 11.4 Å². The SMILES string of the molecule is Cc1nc(C(C)C)[nH]c(=O)c1C(=O)NCC(O)C(C)C. The third-order valence-corrected chi connectivity index (χ3v) is 3.13. The zero-order chi connectivity index (χ0) is 15.4. The second kappa shape index (κ2) is 6.65. The number of amides is 1. The van der Waals surface area contributed by atoms with Gasteiger partial charge in [0.05, 0.1) is 11.8 Å². The van der Waals surface area contributed by atoms with E-state index in [9.17, 15) is 14.7 Å². The maximum atomic E-state index is 12.0. The third kappa shape index (κ3) is 3.90. The Morgan fingerprint density at radius 1 is 1.35 bits per heavy atom. The van der Waals surface area contributed by atoms with Gasteiger partial charge in [0.2, 0.25) is 0 Å². The highest BCUT2D eigenvalue weighted by Crippen LogP contribution is 2.08. The fourth-order valence-corrected chi connectivity index (χ4v) is 1.67. The molecule has 1 atom stereocenters. The summed E-state index contributed by atoms with van der Waals surface area (Å²) in [5.41, 5.74) is -0.0444. The number of hydrogen-bond donors (Lipinski definition) is 3. The van der Waals surface area contributed by atoms with Crippen LogP contribution in [0.3, 0.4) is 0 Å². The fraction of sp³-hybridized carbons (Fsp3) is 0.643. The molecule has 1 unspecified atom stereocenters. The number of aromatic amines is 1. The van der Waals surface area contributed by atoms with Crippen molar-refractivity contribution >= 4 is 5.91 Å². The molecule has 1 aromatic heterocycles. The van der Waals surface area contributed by atoms with Crippen molar-refractivity contribution in [3.63, 3.8) is 0 Å². The van der Waals surface area contributed by atoms with Crippen molar-refractivity contribution in [1.82, 2.24) is 15.3 Å². The molecule has 0 aromatic carbocycles. The standard InChI is InChI=1S/C14H23N3O3/c1-7(2)10(18)6-15-13(19)11-9(5)16-12(8(3)4)17-14(11)20/h7-8,10,18H,6H2,1-5H3,(H,15,19)(H,16,17,20). The Labute approximate surface area is 118 Å². The van der Waals surface area contributed by atoms with Gasteiger partial charge < -0.3 is 15.4 Å². The summed E-state index contributed by atoms with van der Waals surface area (Å²) in [5.74, 6) is 0.176. The quantitative estimate of drug-likeness (QED) is 0.748. The monoisotopic (exact) mass is 281 g/mol. The molecular weight excluding hydrogens is 258 g/mol. The second-order valence-electron chi connectivity index (χ2n) is 5.59. The molecule has 20 heavy (non-hydrogen) atoms. The topological polar surface area (TPSA) is 95.1 Å². The lowest BCUT2D eigenvalue weighted by Gasteiger charge is -2.15. The average molecular weight is 281 g/mol. The minimum Gasteiger partial charge on any atom is -0.391 e. The van der Waals surface area contributed by atoms with Crippen LogP contribution >= 0.6 is 0 Å². The van der Waals surface area contributed by atoms with Gasteiger partial charge in [-0.3, -0.25) is 9.59 Å². The highest BCUT2D eigenvalue weighted by molar-refractivity contribution is 5.94. The number of carbonyl (C=O) groups excluding carboxylic acids is 1. The highest BCUT2D eigenvalue weighted by atomic mass is 16.3. The first-order valence-corrected chi connectivity index (χ1v) is 6.81. The molecule has 1 aromatic rings. The lowest BCUT2D eigenvalue weighted by atomic mass is 10.1. The predicted molar refractivity (Wildman–Crippen MR) is 76.9 cm³/mol. The van der Waals surface area contributed by atoms with Crippen LogP contribution in [-0.4, -0.2) is 33.6 Å². The molecule has 0 spiro atoms. The van der Waals surface area contributed by atoms with Crippen LogP contribution in [-0.2, 0) is 0 Å². The van der Waals surface area contributed by atoms with Crippen LogP contribution in [0.4, 0.5) is 0 Å². The van der Waals surface area contributed by atoms with Crippen molar-refractivity contribution in [3.8, 4) is 0 Å². The van der Waals surface area contributed by atoms with Gasteiger partial charge in [0.25, 0.3) is 11.5 Å². The van der Waals surface area contributed by atoms with Crippen molar-refractivity contribution in [2.45, 2.75) is 46.6 Å². The normalized spacial score (nSPS) is 12.8. The van der Waals surface area contributed by atoms with E-state index in [1.165, 1.54) is 0 Å². The van der Waals surface area contributed by atoms with E-state index >= 15 is 0 Å². The Bertz CT molecular complexity index is 535. The largest absolute Gasteiger partial charge is 0.391 e. The zero-order valence-corrected chi connectivity index (χ0v) is 12.7. The number of hydrogen-bond acceptors (Lipinski definition) is 4. The van der Waals surface area contributed by atoms with Crippen LogP contribution < -0.4 is 10.9 Å². The molecule has 1 heterocycles. The summed E-state index contributed by atoms with van der Waals surface area (Å²) < 4.78 is 0. The summed E-state index contributed by atoms with van der Waals surface area (Å²) in [6, 6.07) is 0. The van der Waals surface area contributed by atoms with E-state index in [4.69, 9.17) is 0 Å². The first-order valence-electron chi connectivity index (χ1n) is 6.81. The van der Waals surface area contributed by atoms with Crippen molar-refractivity contribution in [1.29, 1.82) is 0 Å². The molecule has 0 fully saturated rings. The van der Waals surface area contributed by atoms with E-state index in [-0.39, 0.29) is 23.9 Å². The minimum absolute atomic E-state index is 0.00496. The van der Waals surface area contributed by atoms with Crippen molar-refractivity contribution < 1.29 is 9.90 Å². The molecule has 6 nitrogen and oxygen atoms in total. The van der Waals surface area contributed by atoms with E-state index in [1.807, 2.05) is 27.7 Å². The molecule has 0 saturated heterocycles. The van der Waals surface area contributed by atoms with Gasteiger partial charge in [-0.15, -0.1) is 0 Å². The van der Waals surface area contributed by atoms with Gasteiger partial charge in [0, 0.05) is 12.5 Å². The van der Waals surface area contributed by atoms with Gasteiger partial charge in [0.15, 0.2) is 0 Å². The molecule has 0 radical (unpaired) electrons. The predicted octanol–water partition coefficient (Wildman–Crippen LogP) is 0.948. The number of aryl methyl sites for hydroxylation is 1. The summed E-state index contributed by atoms with van der Waals surface area (Å²) in [6.45, 7) is 9.28. The molecule has 0 saturated carbocycles. The number of rotatable bonds is 5. The fourth-order valence-electron chi connectivity index (χ4n) is 1.67. The molecule has 1 rings (SSSR count). The lowest BCUT2D eigenvalue weighted by molar-refractivity contribution is 0.0869. The average Bonchev–Trinajstić information content (AvgIpc) is 2.34. The Morgan fingerprint density at radius 3 is 2.40 bits per heavy atom. The van der Waals surface area contributed by atoms with Crippen molar-refractivity contribution in [2.24, 2.45) is 5.92 Å². The van der Waals surface area contributed by atoms with Crippen LogP contribution in [0.25, 0.3) is 0 Å². The number of aromatic nitrogens is 2. The van der Waals surface area contributed by atoms with Crippen LogP contribution in [0.2, 0.25) is 0 Å². The third-order valence-electron chi connectivity index (χ3n) is 3.13. The van der Waals surface area contributed by atoms with Gasteiger partial charge in [-0.2, -0.15) is 0 Å². The molecule has 1 amide bonds. The molecular formula is C14H23N3O3. The van der Waals surface area contributed by atoms with Crippen molar-refractivity contribution in [2.75, 3.05) is 6.54 Å². The number of aliphatic hydroxyl groups excluding tert-OH is 1. The first kappa shape index (κ1) is 16.4. The van der Waals surface area contributed by atoms with E-state index in [0.717, 1.165) is 0 Å². The number of nitrogens with zero attached hydrogens (tertiary/aromatic N) is 1. The summed E-state index contributed by atoms with van der Waals surface area (Å²) in [7, 11) is 0.